The number of nitrogens with zero attached hydrogens (tertiary/aromatic N) is 4. The molecular formula is C28H30ClF3N6O4. The highest BCUT2D eigenvalue weighted by Gasteiger charge is 2.34. The van der Waals surface area contributed by atoms with Crippen LogP contribution in [0.4, 0.5) is 19.0 Å². The first-order chi connectivity index (χ1) is 19.8. The molecule has 0 bridgehead atoms. The summed E-state index contributed by atoms with van der Waals surface area (Å²) in [6, 6.07) is 0.204. The van der Waals surface area contributed by atoms with E-state index >= 15 is 0 Å². The minimum absolute atomic E-state index is 0.152. The van der Waals surface area contributed by atoms with Crippen molar-refractivity contribution in [3.8, 4) is 0 Å². The first kappa shape index (κ1) is 32.3. The molecule has 3 amide bonds. The predicted octanol–water partition coefficient (Wildman–Crippen LogP) is 3.23. The van der Waals surface area contributed by atoms with E-state index in [0.717, 1.165) is 6.20 Å². The fourth-order valence-corrected chi connectivity index (χ4v) is 4.06. The van der Waals surface area contributed by atoms with Gasteiger partial charge in [-0.15, -0.1) is 0 Å². The van der Waals surface area contributed by atoms with Gasteiger partial charge in [0, 0.05) is 62.4 Å². The SMILES string of the molecule is C/C(=C\C=C(/C)[C@@H](C)NC(=O)C1=CC(N2CCN(C(=O)CO)CC2)=C=CC=N1)C(=O)Nc1cc(C(F)(F)F)c(Cl)cn1. The summed E-state index contributed by atoms with van der Waals surface area (Å²) in [4.78, 5) is 48.7. The van der Waals surface area contributed by atoms with Gasteiger partial charge in [-0.2, -0.15) is 13.2 Å². The van der Waals surface area contributed by atoms with Crippen molar-refractivity contribution in [2.45, 2.75) is 33.0 Å². The Morgan fingerprint density at radius 2 is 1.88 bits per heavy atom. The zero-order valence-electron chi connectivity index (χ0n) is 23.1. The van der Waals surface area contributed by atoms with E-state index in [4.69, 9.17) is 16.7 Å². The van der Waals surface area contributed by atoms with Gasteiger partial charge in [-0.3, -0.25) is 19.4 Å². The van der Waals surface area contributed by atoms with Crippen LogP contribution in [-0.2, 0) is 20.6 Å². The number of hydrogen-bond acceptors (Lipinski definition) is 7. The minimum atomic E-state index is -4.70. The van der Waals surface area contributed by atoms with Gasteiger partial charge in [0.15, 0.2) is 0 Å². The lowest BCUT2D eigenvalue weighted by Crippen LogP contribution is -2.48. The van der Waals surface area contributed by atoms with E-state index in [1.807, 2.05) is 4.90 Å². The second kappa shape index (κ2) is 14.1. The summed E-state index contributed by atoms with van der Waals surface area (Å²) in [6.45, 7) is 6.29. The van der Waals surface area contributed by atoms with Crippen molar-refractivity contribution in [1.82, 2.24) is 20.1 Å². The number of rotatable bonds is 8. The van der Waals surface area contributed by atoms with Crippen LogP contribution in [-0.4, -0.2) is 82.7 Å². The van der Waals surface area contributed by atoms with E-state index in [2.05, 4.69) is 26.3 Å². The van der Waals surface area contributed by atoms with Crippen LogP contribution in [0.25, 0.3) is 0 Å². The molecule has 224 valence electrons. The third-order valence-electron chi connectivity index (χ3n) is 6.52. The lowest BCUT2D eigenvalue weighted by atomic mass is 10.1. The Hall–Kier alpha value is -4.19. The first-order valence-corrected chi connectivity index (χ1v) is 13.2. The number of hydrogen-bond donors (Lipinski definition) is 3. The molecule has 0 aromatic carbocycles. The summed E-state index contributed by atoms with van der Waals surface area (Å²) < 4.78 is 39.2. The van der Waals surface area contributed by atoms with Gasteiger partial charge in [0.25, 0.3) is 11.8 Å². The van der Waals surface area contributed by atoms with Gasteiger partial charge >= 0.3 is 6.18 Å². The van der Waals surface area contributed by atoms with Crippen molar-refractivity contribution in [3.63, 3.8) is 0 Å². The summed E-state index contributed by atoms with van der Waals surface area (Å²) in [6.07, 6.45) is 3.85. The Bertz CT molecular complexity index is 1420. The van der Waals surface area contributed by atoms with Gasteiger partial charge in [-0.25, -0.2) is 4.98 Å². The molecule has 10 nitrogen and oxygen atoms in total. The molecule has 3 rings (SSSR count). The van der Waals surface area contributed by atoms with Crippen molar-refractivity contribution in [2.24, 2.45) is 4.99 Å². The van der Waals surface area contributed by atoms with Crippen LogP contribution in [0.1, 0.15) is 26.3 Å². The van der Waals surface area contributed by atoms with Crippen LogP contribution in [0.2, 0.25) is 5.02 Å². The van der Waals surface area contributed by atoms with Crippen molar-refractivity contribution in [1.29, 1.82) is 0 Å². The standard InChI is InChI=1S/C28H30ClF3N6O4/c1-17(6-7-18(2)26(41)36-24-14-21(28(30,31)32)22(29)15-34-24)19(3)35-27(42)23-13-20(5-4-8-33-23)37-9-11-38(12-10-37)25(40)16-39/h4,6-8,13-15,19,39H,9-12,16H2,1-3H3,(H,35,42)(H,34,36,41)/b17-6+,18-7+/t19-/m1/s1. The molecule has 0 saturated carbocycles. The maximum atomic E-state index is 13.1. The second-order valence-corrected chi connectivity index (χ2v) is 9.89. The molecule has 42 heavy (non-hydrogen) atoms. The van der Waals surface area contributed by atoms with Crippen molar-refractivity contribution < 1.29 is 32.7 Å². The molecular weight excluding hydrogens is 577 g/mol. The van der Waals surface area contributed by atoms with E-state index in [-0.39, 0.29) is 23.0 Å². The monoisotopic (exact) mass is 606 g/mol. The lowest BCUT2D eigenvalue weighted by Gasteiger charge is -2.35. The number of aliphatic imine (C=N–C) groups is 1. The molecule has 1 aromatic rings. The van der Waals surface area contributed by atoms with Crippen LogP contribution in [0.15, 0.2) is 69.8 Å². The van der Waals surface area contributed by atoms with Crippen LogP contribution in [0, 0.1) is 0 Å². The molecule has 1 fully saturated rings. The normalized spacial score (nSPS) is 16.9. The number of aliphatic hydroxyl groups excluding tert-OH is 1. The van der Waals surface area contributed by atoms with Crippen molar-refractivity contribution in [2.75, 3.05) is 38.1 Å². The summed E-state index contributed by atoms with van der Waals surface area (Å²) >= 11 is 5.57. The van der Waals surface area contributed by atoms with E-state index in [9.17, 15) is 27.6 Å². The Morgan fingerprint density at radius 3 is 2.52 bits per heavy atom. The van der Waals surface area contributed by atoms with E-state index < -0.39 is 41.2 Å². The van der Waals surface area contributed by atoms with Crippen LogP contribution >= 0.6 is 11.6 Å². The number of amides is 3. The summed E-state index contributed by atoms with van der Waals surface area (Å²) in [5.74, 6) is -1.74. The molecule has 3 heterocycles. The minimum Gasteiger partial charge on any atom is -0.387 e. The molecule has 0 radical (unpaired) electrons. The number of anilines is 1. The number of alkyl halides is 3. The molecule has 0 aliphatic carbocycles. The number of allylic oxidation sites excluding steroid dienone is 3. The average Bonchev–Trinajstić information content (AvgIpc) is 3.22. The summed E-state index contributed by atoms with van der Waals surface area (Å²) in [5, 5.41) is 13.6. The fraction of sp³-hybridized carbons (Fsp3) is 0.357. The molecule has 1 aromatic heterocycles. The highest BCUT2D eigenvalue weighted by molar-refractivity contribution is 6.31. The summed E-state index contributed by atoms with van der Waals surface area (Å²) in [7, 11) is 0. The van der Waals surface area contributed by atoms with Gasteiger partial charge in [-0.05, 0) is 26.8 Å². The Kier molecular flexibility index (Phi) is 10.9. The number of piperazine rings is 1. The quantitative estimate of drug-likeness (QED) is 0.237. The lowest BCUT2D eigenvalue weighted by molar-refractivity contribution is -0.137. The number of aromatic nitrogens is 1. The van der Waals surface area contributed by atoms with Gasteiger partial charge in [-0.1, -0.05) is 35.1 Å². The van der Waals surface area contributed by atoms with Gasteiger partial charge in [0.05, 0.1) is 16.3 Å². The maximum Gasteiger partial charge on any atom is 0.418 e. The van der Waals surface area contributed by atoms with Gasteiger partial charge < -0.3 is 25.5 Å². The predicted molar refractivity (Wildman–Crippen MR) is 151 cm³/mol. The number of nitrogens with one attached hydrogen (secondary N) is 2. The molecule has 3 N–H and O–H groups in total. The number of carbonyl (C=O) groups is 3. The molecule has 0 spiro atoms. The highest BCUT2D eigenvalue weighted by atomic mass is 35.5. The number of halogens is 4. The Balaban J connectivity index is 1.61. The van der Waals surface area contributed by atoms with Crippen molar-refractivity contribution >= 4 is 41.4 Å². The van der Waals surface area contributed by atoms with Crippen molar-refractivity contribution in [3.05, 3.63) is 75.4 Å². The molecule has 2 aliphatic rings. The number of carbonyl (C=O) groups excluding carboxylic acids is 3. The fourth-order valence-electron chi connectivity index (χ4n) is 3.85. The molecule has 0 unspecified atom stereocenters. The smallest absolute Gasteiger partial charge is 0.387 e. The molecule has 1 saturated heterocycles. The zero-order valence-corrected chi connectivity index (χ0v) is 23.9. The number of pyridine rings is 1. The average molecular weight is 607 g/mol. The third-order valence-corrected chi connectivity index (χ3v) is 6.82. The summed E-state index contributed by atoms with van der Waals surface area (Å²) in [5.41, 5.74) is 3.64. The maximum absolute atomic E-state index is 13.1. The van der Waals surface area contributed by atoms with Crippen LogP contribution in [0.5, 0.6) is 0 Å². The Morgan fingerprint density at radius 1 is 1.19 bits per heavy atom. The third kappa shape index (κ3) is 8.65. The highest BCUT2D eigenvalue weighted by Crippen LogP contribution is 2.35. The van der Waals surface area contributed by atoms with Crippen LogP contribution < -0.4 is 10.6 Å². The number of aliphatic hydroxyl groups is 1. The van der Waals surface area contributed by atoms with Crippen LogP contribution in [0.3, 0.4) is 0 Å². The topological polar surface area (TPSA) is 127 Å². The van der Waals surface area contributed by atoms with E-state index in [0.29, 0.717) is 43.5 Å². The Labute approximate surface area is 245 Å². The first-order valence-electron chi connectivity index (χ1n) is 12.8. The van der Waals surface area contributed by atoms with Gasteiger partial charge in [0.1, 0.15) is 18.1 Å². The molecule has 14 heteroatoms. The largest absolute Gasteiger partial charge is 0.418 e. The van der Waals surface area contributed by atoms with E-state index in [1.165, 1.54) is 19.2 Å². The van der Waals surface area contributed by atoms with E-state index in [1.54, 1.807) is 37.0 Å². The zero-order chi connectivity index (χ0) is 31.0. The molecule has 2 aliphatic heterocycles. The molecule has 1 atom stereocenters. The second-order valence-electron chi connectivity index (χ2n) is 9.49. The van der Waals surface area contributed by atoms with Gasteiger partial charge in [0.2, 0.25) is 5.91 Å².